The van der Waals surface area contributed by atoms with Crippen LogP contribution in [-0.2, 0) is 6.42 Å². The van der Waals surface area contributed by atoms with Crippen LogP contribution in [0.4, 0.5) is 17.5 Å². The van der Waals surface area contributed by atoms with Gasteiger partial charge in [-0.15, -0.1) is 5.10 Å². The molecule has 0 spiro atoms. The lowest BCUT2D eigenvalue weighted by Crippen LogP contribution is -2.08. The first-order valence-electron chi connectivity index (χ1n) is 9.01. The van der Waals surface area contributed by atoms with E-state index in [0.717, 1.165) is 24.2 Å². The van der Waals surface area contributed by atoms with Crippen molar-refractivity contribution in [3.63, 3.8) is 0 Å². The molecule has 6 heteroatoms. The summed E-state index contributed by atoms with van der Waals surface area (Å²) in [5.74, 6) is 1.19. The number of nitrogens with zero attached hydrogens (tertiary/aromatic N) is 3. The zero-order chi connectivity index (χ0) is 18.6. The van der Waals surface area contributed by atoms with E-state index in [-0.39, 0.29) is 0 Å². The van der Waals surface area contributed by atoms with Gasteiger partial charge >= 0.3 is 0 Å². The van der Waals surface area contributed by atoms with E-state index in [4.69, 9.17) is 0 Å². The van der Waals surface area contributed by atoms with Gasteiger partial charge in [0.2, 0.25) is 5.95 Å². The first kappa shape index (κ1) is 17.0. The molecule has 0 aliphatic carbocycles. The van der Waals surface area contributed by atoms with Gasteiger partial charge in [0.15, 0.2) is 5.82 Å². The van der Waals surface area contributed by atoms with Crippen molar-refractivity contribution in [2.45, 2.75) is 20.3 Å². The third-order valence-corrected chi connectivity index (χ3v) is 4.41. The molecule has 3 N–H and O–H groups in total. The molecule has 0 fully saturated rings. The summed E-state index contributed by atoms with van der Waals surface area (Å²) in [5, 5.41) is 15.9. The van der Waals surface area contributed by atoms with Crippen molar-refractivity contribution in [1.82, 2.24) is 20.2 Å². The summed E-state index contributed by atoms with van der Waals surface area (Å²) in [6.07, 6.45) is 4.60. The molecule has 0 aliphatic rings. The van der Waals surface area contributed by atoms with E-state index in [1.807, 2.05) is 6.07 Å². The third-order valence-electron chi connectivity index (χ3n) is 4.41. The number of para-hydroxylation sites is 1. The monoisotopic (exact) mass is 358 g/mol. The summed E-state index contributed by atoms with van der Waals surface area (Å²) in [5.41, 5.74) is 5.80. The summed E-state index contributed by atoms with van der Waals surface area (Å²) in [7, 11) is 0. The van der Waals surface area contributed by atoms with Crippen molar-refractivity contribution >= 4 is 28.4 Å². The van der Waals surface area contributed by atoms with Crippen LogP contribution < -0.4 is 10.6 Å². The minimum Gasteiger partial charge on any atom is -0.368 e. The average molecular weight is 358 g/mol. The number of fused-ring (bicyclic) bond motifs is 1. The topological polar surface area (TPSA) is 78.5 Å². The largest absolute Gasteiger partial charge is 0.368 e. The summed E-state index contributed by atoms with van der Waals surface area (Å²) >= 11 is 0. The zero-order valence-electron chi connectivity index (χ0n) is 15.5. The Kier molecular flexibility index (Phi) is 4.70. The van der Waals surface area contributed by atoms with E-state index in [2.05, 4.69) is 87.2 Å². The molecule has 0 saturated heterocycles. The van der Waals surface area contributed by atoms with Crippen LogP contribution in [-0.4, -0.2) is 26.7 Å². The van der Waals surface area contributed by atoms with Crippen LogP contribution in [0.5, 0.6) is 0 Å². The van der Waals surface area contributed by atoms with Gasteiger partial charge in [0, 0.05) is 29.3 Å². The average Bonchev–Trinajstić information content (AvgIpc) is 3.05. The number of hydrogen-bond donors (Lipinski definition) is 3. The first-order valence-corrected chi connectivity index (χ1v) is 9.01. The molecule has 4 aromatic rings. The van der Waals surface area contributed by atoms with Crippen LogP contribution in [0.1, 0.15) is 16.7 Å². The van der Waals surface area contributed by atoms with Gasteiger partial charge in [-0.3, -0.25) is 0 Å². The summed E-state index contributed by atoms with van der Waals surface area (Å²) < 4.78 is 0. The molecule has 136 valence electrons. The first-order chi connectivity index (χ1) is 13.2. The lowest BCUT2D eigenvalue weighted by Gasteiger charge is -2.09. The van der Waals surface area contributed by atoms with Crippen molar-refractivity contribution in [1.29, 1.82) is 0 Å². The zero-order valence-corrected chi connectivity index (χ0v) is 15.5. The number of H-pyrrole nitrogens is 1. The van der Waals surface area contributed by atoms with Crippen LogP contribution in [0.15, 0.2) is 54.9 Å². The van der Waals surface area contributed by atoms with Gasteiger partial charge in [0.1, 0.15) is 0 Å². The van der Waals surface area contributed by atoms with Crippen LogP contribution >= 0.6 is 0 Å². The summed E-state index contributed by atoms with van der Waals surface area (Å²) in [4.78, 5) is 7.81. The highest BCUT2D eigenvalue weighted by atomic mass is 15.3. The number of aromatic nitrogens is 4. The maximum atomic E-state index is 4.50. The molecule has 0 bridgehead atoms. The van der Waals surface area contributed by atoms with Crippen molar-refractivity contribution in [2.75, 3.05) is 17.2 Å². The van der Waals surface area contributed by atoms with E-state index >= 15 is 0 Å². The lowest BCUT2D eigenvalue weighted by atomic mass is 10.1. The van der Waals surface area contributed by atoms with Crippen LogP contribution in [0.3, 0.4) is 0 Å². The van der Waals surface area contributed by atoms with Gasteiger partial charge in [-0.25, -0.2) is 0 Å². The molecule has 6 nitrogen and oxygen atoms in total. The molecule has 0 unspecified atom stereocenters. The van der Waals surface area contributed by atoms with Crippen molar-refractivity contribution in [3.05, 3.63) is 71.5 Å². The van der Waals surface area contributed by atoms with Crippen LogP contribution in [0.2, 0.25) is 0 Å². The maximum absolute atomic E-state index is 4.50. The number of nitrogens with one attached hydrogen (secondary N) is 3. The molecule has 0 aliphatic heterocycles. The highest BCUT2D eigenvalue weighted by Gasteiger charge is 2.05. The number of aryl methyl sites for hydroxylation is 2. The van der Waals surface area contributed by atoms with E-state index in [1.54, 1.807) is 6.20 Å². The Balaban J connectivity index is 1.40. The smallest absolute Gasteiger partial charge is 0.249 e. The molecule has 2 heterocycles. The minimum absolute atomic E-state index is 0.483. The molecule has 27 heavy (non-hydrogen) atoms. The van der Waals surface area contributed by atoms with Crippen LogP contribution in [0, 0.1) is 13.8 Å². The summed E-state index contributed by atoms with van der Waals surface area (Å²) in [6.45, 7) is 4.91. The Bertz CT molecular complexity index is 1050. The lowest BCUT2D eigenvalue weighted by molar-refractivity contribution is 0.952. The Morgan fingerprint density at radius 3 is 2.70 bits per heavy atom. The standard InChI is InChI=1S/C21H22N6/c1-14-9-15(2)11-17(10-14)25-21-26-20(13-24-27-21)22-8-7-16-12-23-19-6-4-3-5-18(16)19/h3-6,9-13,23H,7-8H2,1-2H3,(H2,22,25,26,27). The van der Waals surface area contributed by atoms with E-state index < -0.39 is 0 Å². The SMILES string of the molecule is Cc1cc(C)cc(Nc2nncc(NCCc3c[nH]c4ccccc34)n2)c1. The fraction of sp³-hybridized carbons (Fsp3) is 0.190. The molecule has 2 aromatic heterocycles. The van der Waals surface area contributed by atoms with Gasteiger partial charge in [-0.2, -0.15) is 10.1 Å². The Morgan fingerprint density at radius 1 is 1.04 bits per heavy atom. The maximum Gasteiger partial charge on any atom is 0.249 e. The quantitative estimate of drug-likeness (QED) is 0.477. The number of hydrogen-bond acceptors (Lipinski definition) is 5. The molecule has 0 atom stereocenters. The van der Waals surface area contributed by atoms with Gasteiger partial charge in [0.25, 0.3) is 0 Å². The van der Waals surface area contributed by atoms with Gasteiger partial charge in [-0.1, -0.05) is 24.3 Å². The molecule has 0 amide bonds. The Morgan fingerprint density at radius 2 is 1.85 bits per heavy atom. The van der Waals surface area contributed by atoms with Gasteiger partial charge in [-0.05, 0) is 55.2 Å². The molecular weight excluding hydrogens is 336 g/mol. The van der Waals surface area contributed by atoms with Crippen LogP contribution in [0.25, 0.3) is 10.9 Å². The van der Waals surface area contributed by atoms with Crippen molar-refractivity contribution in [3.8, 4) is 0 Å². The van der Waals surface area contributed by atoms with E-state index in [9.17, 15) is 0 Å². The predicted molar refractivity (Wildman–Crippen MR) is 110 cm³/mol. The minimum atomic E-state index is 0.483. The second kappa shape index (κ2) is 7.45. The number of rotatable bonds is 6. The fourth-order valence-corrected chi connectivity index (χ4v) is 3.28. The van der Waals surface area contributed by atoms with E-state index in [0.29, 0.717) is 11.8 Å². The molecule has 0 radical (unpaired) electrons. The highest BCUT2D eigenvalue weighted by Crippen LogP contribution is 2.19. The fourth-order valence-electron chi connectivity index (χ4n) is 3.28. The second-order valence-electron chi connectivity index (χ2n) is 6.70. The number of anilines is 3. The van der Waals surface area contributed by atoms with Crippen molar-refractivity contribution in [2.24, 2.45) is 0 Å². The Hall–Kier alpha value is -3.41. The highest BCUT2D eigenvalue weighted by molar-refractivity contribution is 5.83. The third kappa shape index (κ3) is 4.06. The summed E-state index contributed by atoms with van der Waals surface area (Å²) in [6, 6.07) is 14.6. The number of benzene rings is 2. The number of aromatic amines is 1. The molecule has 0 saturated carbocycles. The normalized spacial score (nSPS) is 10.9. The molecule has 2 aromatic carbocycles. The van der Waals surface area contributed by atoms with E-state index in [1.165, 1.54) is 22.1 Å². The van der Waals surface area contributed by atoms with Gasteiger partial charge in [0.05, 0.1) is 6.20 Å². The molecular formula is C21H22N6. The second-order valence-corrected chi connectivity index (χ2v) is 6.70. The van der Waals surface area contributed by atoms with Crippen molar-refractivity contribution < 1.29 is 0 Å². The Labute approximate surface area is 158 Å². The molecule has 4 rings (SSSR count). The predicted octanol–water partition coefficient (Wildman–Crippen LogP) is 4.37. The van der Waals surface area contributed by atoms with Gasteiger partial charge < -0.3 is 15.6 Å².